The first-order chi connectivity index (χ1) is 9.33. The lowest BCUT2D eigenvalue weighted by Gasteiger charge is -2.26. The van der Waals surface area contributed by atoms with E-state index in [4.69, 9.17) is 4.52 Å². The van der Waals surface area contributed by atoms with Crippen molar-refractivity contribution in [3.05, 3.63) is 36.2 Å². The van der Waals surface area contributed by atoms with Crippen LogP contribution in [-0.4, -0.2) is 35.7 Å². The van der Waals surface area contributed by atoms with E-state index in [9.17, 15) is 4.79 Å². The summed E-state index contributed by atoms with van der Waals surface area (Å²) >= 11 is 0. The van der Waals surface area contributed by atoms with E-state index in [-0.39, 0.29) is 11.7 Å². The molecule has 2 aromatic heterocycles. The maximum Gasteiger partial charge on any atom is 0.289 e. The molecule has 0 unspecified atom stereocenters. The lowest BCUT2D eigenvalue weighted by Crippen LogP contribution is -2.48. The number of rotatable bonds is 4. The lowest BCUT2D eigenvalue weighted by atomic mass is 10.0. The molecule has 6 heteroatoms. The number of aromatic nitrogens is 2. The quantitative estimate of drug-likeness (QED) is 0.843. The highest BCUT2D eigenvalue weighted by molar-refractivity contribution is 5.92. The molecule has 1 saturated heterocycles. The summed E-state index contributed by atoms with van der Waals surface area (Å²) in [5, 5.41) is 9.85. The van der Waals surface area contributed by atoms with Gasteiger partial charge in [-0.3, -0.25) is 9.78 Å². The zero-order valence-electron chi connectivity index (χ0n) is 10.3. The smallest absolute Gasteiger partial charge is 0.289 e. The van der Waals surface area contributed by atoms with Crippen LogP contribution < -0.4 is 10.6 Å². The number of nitrogens with zero attached hydrogens (tertiary/aromatic N) is 2. The Morgan fingerprint density at radius 3 is 3.00 bits per heavy atom. The summed E-state index contributed by atoms with van der Waals surface area (Å²) in [7, 11) is 0. The Hall–Kier alpha value is -2.21. The summed E-state index contributed by atoms with van der Waals surface area (Å²) in [4.78, 5) is 16.0. The minimum Gasteiger partial charge on any atom is -0.350 e. The number of hydrogen-bond acceptors (Lipinski definition) is 5. The third-order valence-corrected chi connectivity index (χ3v) is 3.08. The van der Waals surface area contributed by atoms with Gasteiger partial charge >= 0.3 is 0 Å². The number of carbonyl (C=O) groups is 1. The van der Waals surface area contributed by atoms with E-state index in [1.54, 1.807) is 12.3 Å². The largest absolute Gasteiger partial charge is 0.350 e. The average Bonchev–Trinajstić information content (AvgIpc) is 2.87. The predicted octanol–water partition coefficient (Wildman–Crippen LogP) is 0.686. The van der Waals surface area contributed by atoms with Crippen molar-refractivity contribution in [1.29, 1.82) is 0 Å². The Bertz CT molecular complexity index is 563. The first kappa shape index (κ1) is 11.9. The fraction of sp³-hybridized carbons (Fsp3) is 0.308. The molecule has 0 atom stereocenters. The molecular weight excluding hydrogens is 244 g/mol. The van der Waals surface area contributed by atoms with Crippen molar-refractivity contribution in [3.63, 3.8) is 0 Å². The molecule has 3 heterocycles. The van der Waals surface area contributed by atoms with Crippen LogP contribution in [-0.2, 0) is 0 Å². The molecule has 1 aliphatic heterocycles. The molecule has 19 heavy (non-hydrogen) atoms. The SMILES string of the molecule is O=C(NCC1CNC1)c1cc(-c2ccccn2)no1. The molecule has 98 valence electrons. The van der Waals surface area contributed by atoms with Crippen LogP contribution in [0.2, 0.25) is 0 Å². The summed E-state index contributed by atoms with van der Waals surface area (Å²) in [6.07, 6.45) is 1.67. The first-order valence-corrected chi connectivity index (χ1v) is 6.20. The van der Waals surface area contributed by atoms with Gasteiger partial charge in [-0.05, 0) is 12.1 Å². The van der Waals surface area contributed by atoms with Crippen molar-refractivity contribution in [2.24, 2.45) is 5.92 Å². The van der Waals surface area contributed by atoms with E-state index in [1.165, 1.54) is 0 Å². The minimum absolute atomic E-state index is 0.216. The van der Waals surface area contributed by atoms with Gasteiger partial charge in [-0.1, -0.05) is 11.2 Å². The number of carbonyl (C=O) groups excluding carboxylic acids is 1. The fourth-order valence-electron chi connectivity index (χ4n) is 1.83. The predicted molar refractivity (Wildman–Crippen MR) is 68.4 cm³/mol. The molecule has 0 saturated carbocycles. The van der Waals surface area contributed by atoms with Gasteiger partial charge in [0.05, 0.1) is 5.69 Å². The van der Waals surface area contributed by atoms with Crippen LogP contribution in [0.25, 0.3) is 11.4 Å². The minimum atomic E-state index is -0.235. The molecule has 6 nitrogen and oxygen atoms in total. The third kappa shape index (κ3) is 2.63. The van der Waals surface area contributed by atoms with E-state index in [1.807, 2.05) is 18.2 Å². The van der Waals surface area contributed by atoms with E-state index in [0.717, 1.165) is 13.1 Å². The summed E-state index contributed by atoms with van der Waals surface area (Å²) in [5.41, 5.74) is 1.25. The summed E-state index contributed by atoms with van der Waals surface area (Å²) in [6, 6.07) is 7.11. The topological polar surface area (TPSA) is 80.0 Å². The molecule has 1 amide bonds. The third-order valence-electron chi connectivity index (χ3n) is 3.08. The maximum absolute atomic E-state index is 11.8. The standard InChI is InChI=1S/C13H14N4O2/c18-13(16-8-9-6-14-7-9)12-5-11(17-19-12)10-3-1-2-4-15-10/h1-5,9,14H,6-8H2,(H,16,18). The van der Waals surface area contributed by atoms with Crippen LogP contribution >= 0.6 is 0 Å². The fourth-order valence-corrected chi connectivity index (χ4v) is 1.83. The second-order valence-corrected chi connectivity index (χ2v) is 4.53. The van der Waals surface area contributed by atoms with Gasteiger partial charge in [0, 0.05) is 37.8 Å². The Balaban J connectivity index is 1.65. The Morgan fingerprint density at radius 2 is 2.32 bits per heavy atom. The summed E-state index contributed by atoms with van der Waals surface area (Å²) < 4.78 is 5.05. The van der Waals surface area contributed by atoms with Gasteiger partial charge in [0.1, 0.15) is 5.69 Å². The van der Waals surface area contributed by atoms with Gasteiger partial charge in [0.15, 0.2) is 0 Å². The van der Waals surface area contributed by atoms with E-state index >= 15 is 0 Å². The van der Waals surface area contributed by atoms with Crippen molar-refractivity contribution in [3.8, 4) is 11.4 Å². The first-order valence-electron chi connectivity index (χ1n) is 6.20. The highest BCUT2D eigenvalue weighted by atomic mass is 16.5. The average molecular weight is 258 g/mol. The molecule has 2 N–H and O–H groups in total. The van der Waals surface area contributed by atoms with E-state index in [0.29, 0.717) is 23.9 Å². The van der Waals surface area contributed by atoms with Crippen LogP contribution in [0.3, 0.4) is 0 Å². The van der Waals surface area contributed by atoms with Gasteiger partial charge in [0.25, 0.3) is 5.91 Å². The molecule has 0 aromatic carbocycles. The van der Waals surface area contributed by atoms with Crippen LogP contribution in [0.5, 0.6) is 0 Å². The van der Waals surface area contributed by atoms with Gasteiger partial charge in [-0.15, -0.1) is 0 Å². The van der Waals surface area contributed by atoms with Crippen molar-refractivity contribution in [2.45, 2.75) is 0 Å². The Labute approximate surface area is 110 Å². The molecule has 0 aliphatic carbocycles. The number of pyridine rings is 1. The molecule has 0 bridgehead atoms. The molecule has 3 rings (SSSR count). The van der Waals surface area contributed by atoms with Crippen molar-refractivity contribution >= 4 is 5.91 Å². The van der Waals surface area contributed by atoms with Crippen LogP contribution in [0.15, 0.2) is 35.0 Å². The highest BCUT2D eigenvalue weighted by Gasteiger charge is 2.19. The number of amides is 1. The van der Waals surface area contributed by atoms with E-state index in [2.05, 4.69) is 20.8 Å². The molecule has 2 aromatic rings. The van der Waals surface area contributed by atoms with Crippen LogP contribution in [0.4, 0.5) is 0 Å². The van der Waals surface area contributed by atoms with Crippen LogP contribution in [0, 0.1) is 5.92 Å². The molecular formula is C13H14N4O2. The van der Waals surface area contributed by atoms with Gasteiger partial charge in [-0.2, -0.15) is 0 Å². The van der Waals surface area contributed by atoms with Gasteiger partial charge in [0.2, 0.25) is 5.76 Å². The Morgan fingerprint density at radius 1 is 1.42 bits per heavy atom. The maximum atomic E-state index is 11.8. The second kappa shape index (κ2) is 5.19. The van der Waals surface area contributed by atoms with Crippen molar-refractivity contribution in [1.82, 2.24) is 20.8 Å². The number of nitrogens with one attached hydrogen (secondary N) is 2. The number of hydrogen-bond donors (Lipinski definition) is 2. The van der Waals surface area contributed by atoms with E-state index < -0.39 is 0 Å². The second-order valence-electron chi connectivity index (χ2n) is 4.53. The lowest BCUT2D eigenvalue weighted by molar-refractivity contribution is 0.0905. The molecule has 1 aliphatic rings. The van der Waals surface area contributed by atoms with Crippen molar-refractivity contribution < 1.29 is 9.32 Å². The molecule has 1 fully saturated rings. The highest BCUT2D eigenvalue weighted by Crippen LogP contribution is 2.16. The zero-order valence-corrected chi connectivity index (χ0v) is 10.3. The van der Waals surface area contributed by atoms with Crippen molar-refractivity contribution in [2.75, 3.05) is 19.6 Å². The normalized spacial score (nSPS) is 14.9. The summed E-state index contributed by atoms with van der Waals surface area (Å²) in [5.74, 6) is 0.497. The zero-order chi connectivity index (χ0) is 13.1. The monoisotopic (exact) mass is 258 g/mol. The van der Waals surface area contributed by atoms with Gasteiger partial charge in [-0.25, -0.2) is 0 Å². The van der Waals surface area contributed by atoms with Gasteiger partial charge < -0.3 is 15.2 Å². The van der Waals surface area contributed by atoms with Crippen LogP contribution in [0.1, 0.15) is 10.6 Å². The summed E-state index contributed by atoms with van der Waals surface area (Å²) in [6.45, 7) is 2.57. The Kier molecular flexibility index (Phi) is 3.24. The molecule has 0 radical (unpaired) electrons. The molecule has 0 spiro atoms.